The number of nitrogen functional groups attached to an aromatic ring is 1. The van der Waals surface area contributed by atoms with Gasteiger partial charge in [0, 0.05) is 6.20 Å². The van der Waals surface area contributed by atoms with Gasteiger partial charge in [0.1, 0.15) is 39.1 Å². The summed E-state index contributed by atoms with van der Waals surface area (Å²) in [5, 5.41) is 5.00. The number of methoxy groups -OCH3 is 2. The van der Waals surface area contributed by atoms with Crippen molar-refractivity contribution in [3.63, 3.8) is 0 Å². The summed E-state index contributed by atoms with van der Waals surface area (Å²) in [6.45, 7) is 1.53. The molecule has 17 heteroatoms. The molecule has 0 bridgehead atoms. The van der Waals surface area contributed by atoms with E-state index >= 15 is 0 Å². The molecule has 4 N–H and O–H groups in total. The molecule has 0 aromatic carbocycles. The Morgan fingerprint density at radius 2 is 1.68 bits per heavy atom. The standard InChI is InChI=1S/C21H18F3N7O6S/c1-8(30-17(33)14-13(20(35)37-3)15(25)29-7-28-14)18-27-6-11(38-18)16(32)31-12-4-10(21(22,23)24)9(5-26-12)19(34)36-2/h4-8H,1-3H3,(H,30,33)(H2,25,28,29)(H,26,31,32). The number of esters is 2. The van der Waals surface area contributed by atoms with Crippen LogP contribution in [0.5, 0.6) is 0 Å². The van der Waals surface area contributed by atoms with Gasteiger partial charge in [0.25, 0.3) is 11.8 Å². The fourth-order valence-corrected chi connectivity index (χ4v) is 3.82. The zero-order chi connectivity index (χ0) is 28.2. The number of hydrogen-bond donors (Lipinski definition) is 3. The average molecular weight is 553 g/mol. The summed E-state index contributed by atoms with van der Waals surface area (Å²) in [4.78, 5) is 64.1. The van der Waals surface area contributed by atoms with E-state index in [4.69, 9.17) is 5.73 Å². The third-order valence-electron chi connectivity index (χ3n) is 4.80. The number of nitrogens with two attached hydrogens (primary N) is 1. The van der Waals surface area contributed by atoms with E-state index in [-0.39, 0.29) is 27.0 Å². The van der Waals surface area contributed by atoms with Crippen LogP contribution >= 0.6 is 11.3 Å². The second kappa shape index (κ2) is 11.2. The van der Waals surface area contributed by atoms with Crippen LogP contribution in [0.2, 0.25) is 0 Å². The van der Waals surface area contributed by atoms with Crippen molar-refractivity contribution in [3.05, 3.63) is 57.1 Å². The van der Waals surface area contributed by atoms with E-state index in [1.165, 1.54) is 6.92 Å². The van der Waals surface area contributed by atoms with Gasteiger partial charge >= 0.3 is 18.1 Å². The number of alkyl halides is 3. The van der Waals surface area contributed by atoms with E-state index in [0.29, 0.717) is 12.3 Å². The maximum Gasteiger partial charge on any atom is 0.417 e. The van der Waals surface area contributed by atoms with Crippen LogP contribution in [0.3, 0.4) is 0 Å². The van der Waals surface area contributed by atoms with Gasteiger partial charge in [-0.3, -0.25) is 9.59 Å². The molecule has 3 aromatic heterocycles. The first-order chi connectivity index (χ1) is 17.9. The molecule has 0 saturated carbocycles. The number of carbonyl (C=O) groups excluding carboxylic acids is 4. The van der Waals surface area contributed by atoms with Crippen LogP contribution in [-0.4, -0.2) is 57.9 Å². The highest BCUT2D eigenvalue weighted by Crippen LogP contribution is 2.33. The largest absolute Gasteiger partial charge is 0.465 e. The maximum atomic E-state index is 13.4. The number of thiazole rings is 1. The number of pyridine rings is 1. The minimum Gasteiger partial charge on any atom is -0.465 e. The topological polar surface area (TPSA) is 188 Å². The van der Waals surface area contributed by atoms with Crippen molar-refractivity contribution < 1.29 is 41.8 Å². The van der Waals surface area contributed by atoms with E-state index in [0.717, 1.165) is 38.1 Å². The number of hydrogen-bond acceptors (Lipinski definition) is 12. The van der Waals surface area contributed by atoms with Gasteiger partial charge in [-0.05, 0) is 13.0 Å². The number of anilines is 2. The summed E-state index contributed by atoms with van der Waals surface area (Å²) >= 11 is 0.834. The van der Waals surface area contributed by atoms with Crippen molar-refractivity contribution in [2.75, 3.05) is 25.3 Å². The molecule has 0 saturated heterocycles. The third kappa shape index (κ3) is 6.00. The van der Waals surface area contributed by atoms with Gasteiger partial charge in [-0.25, -0.2) is 29.5 Å². The molecule has 0 radical (unpaired) electrons. The summed E-state index contributed by atoms with van der Waals surface area (Å²) in [5.41, 5.74) is 2.84. The lowest BCUT2D eigenvalue weighted by Gasteiger charge is -2.13. The highest BCUT2D eigenvalue weighted by Gasteiger charge is 2.36. The van der Waals surface area contributed by atoms with Crippen molar-refractivity contribution in [2.24, 2.45) is 0 Å². The molecular weight excluding hydrogens is 535 g/mol. The van der Waals surface area contributed by atoms with Crippen LogP contribution < -0.4 is 16.4 Å². The van der Waals surface area contributed by atoms with Crippen molar-refractivity contribution >= 4 is 46.7 Å². The molecule has 1 unspecified atom stereocenters. The predicted octanol–water partition coefficient (Wildman–Crippen LogP) is 2.25. The normalized spacial score (nSPS) is 11.8. The van der Waals surface area contributed by atoms with E-state index < -0.39 is 52.9 Å². The lowest BCUT2D eigenvalue weighted by atomic mass is 10.1. The molecule has 3 rings (SSSR count). The number of rotatable bonds is 7. The molecule has 13 nitrogen and oxygen atoms in total. The molecule has 0 spiro atoms. The smallest absolute Gasteiger partial charge is 0.417 e. The van der Waals surface area contributed by atoms with Gasteiger partial charge in [-0.15, -0.1) is 11.3 Å². The number of nitrogens with one attached hydrogen (secondary N) is 2. The van der Waals surface area contributed by atoms with Crippen LogP contribution in [0.25, 0.3) is 0 Å². The second-order valence-electron chi connectivity index (χ2n) is 7.29. The Bertz CT molecular complexity index is 1410. The lowest BCUT2D eigenvalue weighted by Crippen LogP contribution is -2.30. The Balaban J connectivity index is 1.76. The third-order valence-corrected chi connectivity index (χ3v) is 5.98. The number of aromatic nitrogens is 4. The van der Waals surface area contributed by atoms with E-state index in [9.17, 15) is 32.3 Å². The molecule has 3 heterocycles. The van der Waals surface area contributed by atoms with Gasteiger partial charge in [0.15, 0.2) is 0 Å². The quantitative estimate of drug-likeness (QED) is 0.364. The zero-order valence-electron chi connectivity index (χ0n) is 19.7. The summed E-state index contributed by atoms with van der Waals surface area (Å²) in [6, 6.07) is -0.286. The number of ether oxygens (including phenoxy) is 2. The molecule has 0 fully saturated rings. The monoisotopic (exact) mass is 553 g/mol. The Morgan fingerprint density at radius 3 is 2.32 bits per heavy atom. The Morgan fingerprint density at radius 1 is 1.00 bits per heavy atom. The van der Waals surface area contributed by atoms with Crippen LogP contribution in [-0.2, 0) is 15.7 Å². The van der Waals surface area contributed by atoms with Crippen molar-refractivity contribution in [1.82, 2.24) is 25.3 Å². The van der Waals surface area contributed by atoms with E-state index in [1.54, 1.807) is 0 Å². The molecule has 38 heavy (non-hydrogen) atoms. The Hall–Kier alpha value is -4.67. The van der Waals surface area contributed by atoms with Gasteiger partial charge in [-0.1, -0.05) is 0 Å². The van der Waals surface area contributed by atoms with Crippen LogP contribution in [0, 0.1) is 0 Å². The number of amides is 2. The molecule has 0 aliphatic rings. The van der Waals surface area contributed by atoms with E-state index in [1.807, 2.05) is 0 Å². The fraction of sp³-hybridized carbons (Fsp3) is 0.238. The minimum atomic E-state index is -4.92. The summed E-state index contributed by atoms with van der Waals surface area (Å²) in [5.74, 6) is -4.54. The molecule has 3 aromatic rings. The summed E-state index contributed by atoms with van der Waals surface area (Å²) < 4.78 is 49.1. The molecule has 1 atom stereocenters. The molecular formula is C21H18F3N7O6S. The maximum absolute atomic E-state index is 13.4. The highest BCUT2D eigenvalue weighted by molar-refractivity contribution is 7.13. The molecule has 2 amide bonds. The first-order valence-corrected chi connectivity index (χ1v) is 11.1. The van der Waals surface area contributed by atoms with Crippen molar-refractivity contribution in [2.45, 2.75) is 19.1 Å². The van der Waals surface area contributed by atoms with E-state index in [2.05, 4.69) is 40.0 Å². The number of carbonyl (C=O) groups is 4. The first kappa shape index (κ1) is 27.9. The summed E-state index contributed by atoms with van der Waals surface area (Å²) in [7, 11) is 2.01. The van der Waals surface area contributed by atoms with Gasteiger partial charge in [0.05, 0.1) is 37.6 Å². The lowest BCUT2D eigenvalue weighted by molar-refractivity contribution is -0.138. The number of halogens is 3. The zero-order valence-corrected chi connectivity index (χ0v) is 20.6. The van der Waals surface area contributed by atoms with Gasteiger partial charge in [-0.2, -0.15) is 13.2 Å². The van der Waals surface area contributed by atoms with Crippen LogP contribution in [0.1, 0.15) is 64.4 Å². The van der Waals surface area contributed by atoms with Crippen LogP contribution in [0.15, 0.2) is 24.8 Å². The fourth-order valence-electron chi connectivity index (χ4n) is 3.00. The van der Waals surface area contributed by atoms with Gasteiger partial charge in [0.2, 0.25) is 0 Å². The van der Waals surface area contributed by atoms with Crippen molar-refractivity contribution in [3.8, 4) is 0 Å². The Labute approximate surface area is 215 Å². The second-order valence-corrected chi connectivity index (χ2v) is 8.35. The Kier molecular flexibility index (Phi) is 8.20. The average Bonchev–Trinajstić information content (AvgIpc) is 3.38. The van der Waals surface area contributed by atoms with Crippen molar-refractivity contribution in [1.29, 1.82) is 0 Å². The highest BCUT2D eigenvalue weighted by atomic mass is 32.1. The SMILES string of the molecule is COC(=O)c1cnc(NC(=O)c2cnc(C(C)NC(=O)c3ncnc(N)c3C(=O)OC)s2)cc1C(F)(F)F. The van der Waals surface area contributed by atoms with Gasteiger partial charge < -0.3 is 25.8 Å². The minimum absolute atomic E-state index is 0.0185. The molecule has 200 valence electrons. The summed E-state index contributed by atoms with van der Waals surface area (Å²) in [6.07, 6.45) is -2.14. The molecule has 0 aliphatic carbocycles. The first-order valence-electron chi connectivity index (χ1n) is 10.3. The van der Waals surface area contributed by atoms with Crippen LogP contribution in [0.4, 0.5) is 24.8 Å². The molecule has 0 aliphatic heterocycles. The predicted molar refractivity (Wildman–Crippen MR) is 124 cm³/mol. The number of nitrogens with zero attached hydrogens (tertiary/aromatic N) is 4.